The minimum Gasteiger partial charge on any atom is -0.480 e. The molecular weight excluding hydrogens is 324 g/mol. The highest BCUT2D eigenvalue weighted by molar-refractivity contribution is 7.89. The topological polar surface area (TPSA) is 127 Å². The summed E-state index contributed by atoms with van der Waals surface area (Å²) < 4.78 is 26.7. The van der Waals surface area contributed by atoms with Crippen LogP contribution in [0.2, 0.25) is 0 Å². The summed E-state index contributed by atoms with van der Waals surface area (Å²) in [5, 5.41) is 20.2. The Kier molecular flexibility index (Phi) is 4.72. The second kappa shape index (κ2) is 6.55. The number of nitro benzene ring substituents is 1. The molecule has 2 rings (SSSR count). The van der Waals surface area contributed by atoms with E-state index in [1.807, 2.05) is 4.72 Å². The molecule has 1 atom stereocenters. The fraction of sp³-hybridized carbons (Fsp3) is 0.0714. The van der Waals surface area contributed by atoms with Crippen molar-refractivity contribution in [1.82, 2.24) is 4.72 Å². The highest BCUT2D eigenvalue weighted by atomic mass is 32.2. The SMILES string of the molecule is O=C(O)[C@@H](NS(=O)(=O)c1ccccc1[N+](=O)[O-])c1ccccc1. The molecule has 0 radical (unpaired) electrons. The number of para-hydroxylation sites is 1. The second-order valence-corrected chi connectivity index (χ2v) is 6.21. The lowest BCUT2D eigenvalue weighted by molar-refractivity contribution is -0.387. The number of carboxylic acids is 1. The molecule has 0 amide bonds. The highest BCUT2D eigenvalue weighted by Crippen LogP contribution is 2.25. The molecule has 0 saturated heterocycles. The molecule has 0 aliphatic rings. The van der Waals surface area contributed by atoms with E-state index in [-0.39, 0.29) is 5.56 Å². The summed E-state index contributed by atoms with van der Waals surface area (Å²) in [6.45, 7) is 0. The van der Waals surface area contributed by atoms with Crippen molar-refractivity contribution in [3.63, 3.8) is 0 Å². The van der Waals surface area contributed by atoms with E-state index in [1.54, 1.807) is 18.2 Å². The predicted octanol–water partition coefficient (Wildman–Crippen LogP) is 1.70. The number of nitrogens with one attached hydrogen (secondary N) is 1. The van der Waals surface area contributed by atoms with E-state index in [0.29, 0.717) is 0 Å². The van der Waals surface area contributed by atoms with E-state index in [2.05, 4.69) is 0 Å². The van der Waals surface area contributed by atoms with Gasteiger partial charge < -0.3 is 5.11 Å². The van der Waals surface area contributed by atoms with Gasteiger partial charge in [-0.15, -0.1) is 0 Å². The van der Waals surface area contributed by atoms with E-state index in [0.717, 1.165) is 12.1 Å². The zero-order valence-corrected chi connectivity index (χ0v) is 12.4. The molecule has 2 aromatic rings. The summed E-state index contributed by atoms with van der Waals surface area (Å²) in [7, 11) is -4.40. The third kappa shape index (κ3) is 3.71. The van der Waals surface area contributed by atoms with E-state index in [4.69, 9.17) is 0 Å². The number of carbonyl (C=O) groups is 1. The van der Waals surface area contributed by atoms with Gasteiger partial charge in [-0.05, 0) is 11.6 Å². The Bertz CT molecular complexity index is 835. The van der Waals surface area contributed by atoms with Crippen LogP contribution in [0.4, 0.5) is 5.69 Å². The van der Waals surface area contributed by atoms with E-state index in [1.165, 1.54) is 24.3 Å². The van der Waals surface area contributed by atoms with Crippen LogP contribution in [0.15, 0.2) is 59.5 Å². The zero-order chi connectivity index (χ0) is 17.0. The van der Waals surface area contributed by atoms with Crippen LogP contribution < -0.4 is 4.72 Å². The van der Waals surface area contributed by atoms with Gasteiger partial charge in [-0.3, -0.25) is 14.9 Å². The van der Waals surface area contributed by atoms with Crippen LogP contribution in [0, 0.1) is 10.1 Å². The van der Waals surface area contributed by atoms with Crippen LogP contribution in [-0.4, -0.2) is 24.4 Å². The van der Waals surface area contributed by atoms with Gasteiger partial charge in [0.25, 0.3) is 5.69 Å². The van der Waals surface area contributed by atoms with Crippen molar-refractivity contribution in [1.29, 1.82) is 0 Å². The van der Waals surface area contributed by atoms with E-state index >= 15 is 0 Å². The van der Waals surface area contributed by atoms with Crippen molar-refractivity contribution in [3.05, 3.63) is 70.3 Å². The molecule has 0 bridgehead atoms. The first-order chi connectivity index (χ1) is 10.8. The van der Waals surface area contributed by atoms with Gasteiger partial charge in [0.2, 0.25) is 10.0 Å². The average Bonchev–Trinajstić information content (AvgIpc) is 2.53. The first-order valence-electron chi connectivity index (χ1n) is 6.36. The largest absolute Gasteiger partial charge is 0.480 e. The Hall–Kier alpha value is -2.78. The van der Waals surface area contributed by atoms with Crippen LogP contribution in [0.25, 0.3) is 0 Å². The quantitative estimate of drug-likeness (QED) is 0.610. The Morgan fingerprint density at radius 1 is 1.09 bits per heavy atom. The van der Waals surface area contributed by atoms with Crippen molar-refractivity contribution >= 4 is 21.7 Å². The van der Waals surface area contributed by atoms with E-state index in [9.17, 15) is 28.4 Å². The van der Waals surface area contributed by atoms with Gasteiger partial charge in [-0.25, -0.2) is 8.42 Å². The number of benzene rings is 2. The van der Waals surface area contributed by atoms with Crippen molar-refractivity contribution in [2.45, 2.75) is 10.9 Å². The molecule has 0 heterocycles. The van der Waals surface area contributed by atoms with Crippen molar-refractivity contribution < 1.29 is 23.2 Å². The Labute approximate surface area is 131 Å². The summed E-state index contributed by atoms with van der Waals surface area (Å²) >= 11 is 0. The normalized spacial score (nSPS) is 12.5. The minimum absolute atomic E-state index is 0.210. The average molecular weight is 336 g/mol. The number of hydrogen-bond acceptors (Lipinski definition) is 5. The Balaban J connectivity index is 2.44. The summed E-state index contributed by atoms with van der Waals surface area (Å²) in [6, 6.07) is 10.8. The first-order valence-corrected chi connectivity index (χ1v) is 7.85. The number of hydrogen-bond donors (Lipinski definition) is 2. The number of carboxylic acid groups (broad SMARTS) is 1. The molecule has 0 aromatic heterocycles. The molecule has 0 spiro atoms. The molecular formula is C14H12N2O6S. The van der Waals surface area contributed by atoms with Crippen LogP contribution in [-0.2, 0) is 14.8 Å². The van der Waals surface area contributed by atoms with Gasteiger partial charge in [0.05, 0.1) is 4.92 Å². The third-order valence-corrected chi connectivity index (χ3v) is 4.47. The van der Waals surface area contributed by atoms with Gasteiger partial charge in [-0.2, -0.15) is 4.72 Å². The molecule has 0 fully saturated rings. The molecule has 0 aliphatic heterocycles. The van der Waals surface area contributed by atoms with Crippen molar-refractivity contribution in [2.75, 3.05) is 0 Å². The maximum Gasteiger partial charge on any atom is 0.326 e. The molecule has 0 aliphatic carbocycles. The molecule has 0 saturated carbocycles. The minimum atomic E-state index is -4.40. The zero-order valence-electron chi connectivity index (χ0n) is 11.6. The molecule has 9 heteroatoms. The number of sulfonamides is 1. The van der Waals surface area contributed by atoms with Crippen LogP contribution in [0.1, 0.15) is 11.6 Å². The lowest BCUT2D eigenvalue weighted by Gasteiger charge is -2.15. The maximum atomic E-state index is 12.4. The smallest absolute Gasteiger partial charge is 0.326 e. The molecule has 2 aromatic carbocycles. The van der Waals surface area contributed by atoms with Crippen molar-refractivity contribution in [2.24, 2.45) is 0 Å². The number of aliphatic carboxylic acids is 1. The van der Waals surface area contributed by atoms with Crippen LogP contribution in [0.5, 0.6) is 0 Å². The van der Waals surface area contributed by atoms with Gasteiger partial charge in [0.1, 0.15) is 6.04 Å². The van der Waals surface area contributed by atoms with Crippen LogP contribution >= 0.6 is 0 Å². The molecule has 120 valence electrons. The lowest BCUT2D eigenvalue weighted by atomic mass is 10.1. The third-order valence-electron chi connectivity index (χ3n) is 3.00. The highest BCUT2D eigenvalue weighted by Gasteiger charge is 2.31. The monoisotopic (exact) mass is 336 g/mol. The van der Waals surface area contributed by atoms with Gasteiger partial charge in [0, 0.05) is 6.07 Å². The summed E-state index contributed by atoms with van der Waals surface area (Å²) in [6.07, 6.45) is 0. The fourth-order valence-electron chi connectivity index (χ4n) is 1.96. The Morgan fingerprint density at radius 3 is 2.22 bits per heavy atom. The second-order valence-electron chi connectivity index (χ2n) is 4.53. The summed E-state index contributed by atoms with van der Waals surface area (Å²) in [5.74, 6) is -1.42. The number of nitro groups is 1. The molecule has 8 nitrogen and oxygen atoms in total. The summed E-state index contributed by atoms with van der Waals surface area (Å²) in [5.41, 5.74) is -0.417. The number of nitrogens with zero attached hydrogens (tertiary/aromatic N) is 1. The Morgan fingerprint density at radius 2 is 1.65 bits per heavy atom. The predicted molar refractivity (Wildman–Crippen MR) is 80.2 cm³/mol. The van der Waals surface area contributed by atoms with E-state index < -0.39 is 37.5 Å². The van der Waals surface area contributed by atoms with Gasteiger partial charge in [0.15, 0.2) is 4.90 Å². The molecule has 2 N–H and O–H groups in total. The number of rotatable bonds is 6. The summed E-state index contributed by atoms with van der Waals surface area (Å²) in [4.78, 5) is 20.9. The van der Waals surface area contributed by atoms with Gasteiger partial charge >= 0.3 is 5.97 Å². The maximum absolute atomic E-state index is 12.4. The molecule has 0 unspecified atom stereocenters. The first kappa shape index (κ1) is 16.6. The van der Waals surface area contributed by atoms with Gasteiger partial charge in [-0.1, -0.05) is 42.5 Å². The van der Waals surface area contributed by atoms with Crippen LogP contribution in [0.3, 0.4) is 0 Å². The van der Waals surface area contributed by atoms with Crippen molar-refractivity contribution in [3.8, 4) is 0 Å². The lowest BCUT2D eigenvalue weighted by Crippen LogP contribution is -2.34. The fourth-order valence-corrected chi connectivity index (χ4v) is 3.31. The standard InChI is InChI=1S/C14H12N2O6S/c17-14(18)13(10-6-2-1-3-7-10)15-23(21,22)12-9-5-4-8-11(12)16(19)20/h1-9,13,15H,(H,17,18)/t13-/m0/s1. The molecule has 23 heavy (non-hydrogen) atoms.